The summed E-state index contributed by atoms with van der Waals surface area (Å²) in [5.74, 6) is 0.478. The van der Waals surface area contributed by atoms with E-state index in [0.717, 1.165) is 48.3 Å². The van der Waals surface area contributed by atoms with Crippen LogP contribution < -0.4 is 10.2 Å². The third kappa shape index (κ3) is 3.08. The average molecular weight is 396 g/mol. The van der Waals surface area contributed by atoms with Gasteiger partial charge >= 0.3 is 6.03 Å². The molecule has 2 aromatic rings. The fraction of sp³-hybridized carbons (Fsp3) is 0.409. The Kier molecular flexibility index (Phi) is 4.35. The Labute approximate surface area is 169 Å². The molecule has 1 aromatic heterocycles. The second-order valence-corrected chi connectivity index (χ2v) is 8.53. The van der Waals surface area contributed by atoms with E-state index in [2.05, 4.69) is 10.3 Å². The van der Waals surface area contributed by atoms with Gasteiger partial charge in [0, 0.05) is 17.3 Å². The van der Waals surface area contributed by atoms with Crippen LogP contribution in [0.25, 0.3) is 0 Å². The number of urea groups is 1. The van der Waals surface area contributed by atoms with Gasteiger partial charge in [0.25, 0.3) is 0 Å². The number of aromatic nitrogens is 1. The van der Waals surface area contributed by atoms with Crippen molar-refractivity contribution in [3.05, 3.63) is 58.9 Å². The van der Waals surface area contributed by atoms with Crippen LogP contribution in [0.2, 0.25) is 5.02 Å². The quantitative estimate of drug-likeness (QED) is 0.824. The van der Waals surface area contributed by atoms with E-state index in [0.29, 0.717) is 11.6 Å². The molecule has 28 heavy (non-hydrogen) atoms. The zero-order valence-corrected chi connectivity index (χ0v) is 16.2. The number of carbonyl (C=O) groups excluding carboxylic acids is 2. The number of rotatable bonds is 3. The molecule has 2 saturated carbocycles. The number of fused-ring (bicyclic) bond motifs is 1. The van der Waals surface area contributed by atoms with E-state index in [1.165, 1.54) is 4.90 Å². The Hall–Kier alpha value is -2.40. The summed E-state index contributed by atoms with van der Waals surface area (Å²) in [6.45, 7) is 0. The van der Waals surface area contributed by atoms with E-state index < -0.39 is 0 Å². The van der Waals surface area contributed by atoms with Crippen molar-refractivity contribution >= 4 is 29.2 Å². The molecule has 2 aliphatic carbocycles. The number of pyridine rings is 1. The van der Waals surface area contributed by atoms with Crippen LogP contribution in [0.3, 0.4) is 0 Å². The number of imide groups is 1. The van der Waals surface area contributed by atoms with Crippen LogP contribution in [-0.4, -0.2) is 23.0 Å². The number of carbonyl (C=O) groups is 2. The van der Waals surface area contributed by atoms with E-state index >= 15 is 0 Å². The number of halogens is 1. The van der Waals surface area contributed by atoms with Crippen LogP contribution in [-0.2, 0) is 4.79 Å². The molecule has 5 rings (SSSR count). The van der Waals surface area contributed by atoms with Crippen molar-refractivity contribution in [3.8, 4) is 0 Å². The summed E-state index contributed by atoms with van der Waals surface area (Å²) >= 11 is 6.37. The zero-order chi connectivity index (χ0) is 19.3. The summed E-state index contributed by atoms with van der Waals surface area (Å²) in [4.78, 5) is 31.6. The van der Waals surface area contributed by atoms with Crippen molar-refractivity contribution in [3.63, 3.8) is 0 Å². The fourth-order valence-corrected chi connectivity index (χ4v) is 4.95. The van der Waals surface area contributed by atoms with Crippen molar-refractivity contribution in [2.75, 3.05) is 4.90 Å². The van der Waals surface area contributed by atoms with Gasteiger partial charge < -0.3 is 5.32 Å². The molecule has 144 valence electrons. The van der Waals surface area contributed by atoms with Gasteiger partial charge in [-0.05, 0) is 67.2 Å². The van der Waals surface area contributed by atoms with E-state index in [1.54, 1.807) is 6.20 Å². The van der Waals surface area contributed by atoms with Gasteiger partial charge in [-0.25, -0.2) is 9.69 Å². The molecule has 1 saturated heterocycles. The van der Waals surface area contributed by atoms with Gasteiger partial charge in [0.1, 0.15) is 0 Å². The van der Waals surface area contributed by atoms with Crippen LogP contribution >= 0.6 is 11.6 Å². The van der Waals surface area contributed by atoms with Gasteiger partial charge in [-0.2, -0.15) is 0 Å². The zero-order valence-electron chi connectivity index (χ0n) is 15.5. The summed E-state index contributed by atoms with van der Waals surface area (Å²) in [5, 5.41) is 3.83. The Balaban J connectivity index is 1.37. The minimum atomic E-state index is -0.346. The normalized spacial score (nSPS) is 27.3. The molecule has 0 bridgehead atoms. The van der Waals surface area contributed by atoms with Gasteiger partial charge in [-0.15, -0.1) is 0 Å². The average Bonchev–Trinajstić information content (AvgIpc) is 3.53. The third-order valence-corrected chi connectivity index (χ3v) is 6.64. The van der Waals surface area contributed by atoms with Crippen LogP contribution in [0.1, 0.15) is 55.1 Å². The Morgan fingerprint density at radius 2 is 1.82 bits per heavy atom. The predicted octanol–water partition coefficient (Wildman–Crippen LogP) is 4.62. The molecular weight excluding hydrogens is 374 g/mol. The standard InChI is InChI=1S/C22H22ClN3O2/c23-19-4-2-1-3-17(19)14-7-8-18-20(10-14)25-22(28)26(21(18)27)16-9-15(11-24-12-16)13-5-6-13/h1-4,9,11-14,18,20H,5-8,10H2,(H,25,28). The summed E-state index contributed by atoms with van der Waals surface area (Å²) in [6.07, 6.45) is 8.12. The highest BCUT2D eigenvalue weighted by molar-refractivity contribution is 6.31. The molecule has 1 aromatic carbocycles. The lowest BCUT2D eigenvalue weighted by atomic mass is 9.74. The maximum Gasteiger partial charge on any atom is 0.329 e. The van der Waals surface area contributed by atoms with Crippen LogP contribution in [0.15, 0.2) is 42.7 Å². The lowest BCUT2D eigenvalue weighted by Gasteiger charge is -2.42. The second kappa shape index (κ2) is 6.89. The van der Waals surface area contributed by atoms with Crippen molar-refractivity contribution in [1.82, 2.24) is 10.3 Å². The minimum Gasteiger partial charge on any atom is -0.334 e. The summed E-state index contributed by atoms with van der Waals surface area (Å²) in [6, 6.07) is 9.30. The molecule has 6 heteroatoms. The molecule has 0 radical (unpaired) electrons. The maximum absolute atomic E-state index is 13.2. The number of hydrogen-bond donors (Lipinski definition) is 1. The lowest BCUT2D eigenvalue weighted by Crippen LogP contribution is -2.61. The van der Waals surface area contributed by atoms with Gasteiger partial charge in [-0.3, -0.25) is 9.78 Å². The molecule has 1 aliphatic heterocycles. The smallest absolute Gasteiger partial charge is 0.329 e. The molecule has 3 fully saturated rings. The molecule has 3 unspecified atom stereocenters. The third-order valence-electron chi connectivity index (χ3n) is 6.30. The van der Waals surface area contributed by atoms with Crippen LogP contribution in [0.5, 0.6) is 0 Å². The number of amides is 3. The lowest BCUT2D eigenvalue weighted by molar-refractivity contribution is -0.124. The second-order valence-electron chi connectivity index (χ2n) is 8.12. The highest BCUT2D eigenvalue weighted by atomic mass is 35.5. The van der Waals surface area contributed by atoms with Crippen LogP contribution in [0.4, 0.5) is 10.5 Å². The molecule has 1 N–H and O–H groups in total. The molecule has 0 spiro atoms. The number of anilines is 1. The summed E-state index contributed by atoms with van der Waals surface area (Å²) < 4.78 is 0. The van der Waals surface area contributed by atoms with E-state index in [-0.39, 0.29) is 29.8 Å². The van der Waals surface area contributed by atoms with Crippen molar-refractivity contribution < 1.29 is 9.59 Å². The first-order valence-electron chi connectivity index (χ1n) is 9.95. The SMILES string of the molecule is O=C1NC2CC(c3ccccc3Cl)CCC2C(=O)N1c1cncc(C2CC2)c1. The van der Waals surface area contributed by atoms with Gasteiger partial charge in [0.15, 0.2) is 0 Å². The van der Waals surface area contributed by atoms with Gasteiger partial charge in [0.05, 0.1) is 17.8 Å². The summed E-state index contributed by atoms with van der Waals surface area (Å²) in [5.41, 5.74) is 2.80. The number of nitrogens with zero attached hydrogens (tertiary/aromatic N) is 2. The number of nitrogens with one attached hydrogen (secondary N) is 1. The highest BCUT2D eigenvalue weighted by Crippen LogP contribution is 2.43. The van der Waals surface area contributed by atoms with Crippen LogP contribution in [0, 0.1) is 5.92 Å². The van der Waals surface area contributed by atoms with Crippen molar-refractivity contribution in [2.45, 2.75) is 50.0 Å². The largest absolute Gasteiger partial charge is 0.334 e. The highest BCUT2D eigenvalue weighted by Gasteiger charge is 2.45. The topological polar surface area (TPSA) is 62.3 Å². The first-order chi connectivity index (χ1) is 13.6. The Morgan fingerprint density at radius 1 is 1.04 bits per heavy atom. The molecule has 3 atom stereocenters. The van der Waals surface area contributed by atoms with Gasteiger partial charge in [0.2, 0.25) is 5.91 Å². The monoisotopic (exact) mass is 395 g/mol. The van der Waals surface area contributed by atoms with Crippen molar-refractivity contribution in [1.29, 1.82) is 0 Å². The summed E-state index contributed by atoms with van der Waals surface area (Å²) in [7, 11) is 0. The fourth-order valence-electron chi connectivity index (χ4n) is 4.66. The number of hydrogen-bond acceptors (Lipinski definition) is 3. The maximum atomic E-state index is 13.2. The van der Waals surface area contributed by atoms with E-state index in [1.807, 2.05) is 36.5 Å². The first kappa shape index (κ1) is 17.7. The molecule has 2 heterocycles. The molecule has 3 amide bonds. The molecule has 3 aliphatic rings. The molecule has 5 nitrogen and oxygen atoms in total. The molecular formula is C22H22ClN3O2. The number of benzene rings is 1. The van der Waals surface area contributed by atoms with Crippen molar-refractivity contribution in [2.24, 2.45) is 5.92 Å². The van der Waals surface area contributed by atoms with E-state index in [9.17, 15) is 9.59 Å². The minimum absolute atomic E-state index is 0.110. The van der Waals surface area contributed by atoms with E-state index in [4.69, 9.17) is 11.6 Å². The Morgan fingerprint density at radius 3 is 2.61 bits per heavy atom. The Bertz CT molecular complexity index is 943. The van der Waals surface area contributed by atoms with Gasteiger partial charge in [-0.1, -0.05) is 29.8 Å². The predicted molar refractivity (Wildman–Crippen MR) is 108 cm³/mol. The first-order valence-corrected chi connectivity index (χ1v) is 10.3.